The summed E-state index contributed by atoms with van der Waals surface area (Å²) in [7, 11) is 0. The van der Waals surface area contributed by atoms with Gasteiger partial charge in [-0.2, -0.15) is 0 Å². The van der Waals surface area contributed by atoms with Gasteiger partial charge >= 0.3 is 0 Å². The van der Waals surface area contributed by atoms with Crippen molar-refractivity contribution in [3.05, 3.63) is 75.8 Å². The lowest BCUT2D eigenvalue weighted by atomic mass is 10.1. The molecule has 22 heavy (non-hydrogen) atoms. The van der Waals surface area contributed by atoms with E-state index in [-0.39, 0.29) is 22.2 Å². The van der Waals surface area contributed by atoms with Gasteiger partial charge in [-0.15, -0.1) is 0 Å². The molecule has 0 radical (unpaired) electrons. The van der Waals surface area contributed by atoms with E-state index in [1.54, 1.807) is 6.07 Å². The molecule has 3 aromatic rings. The standard InChI is InChI=1S/C16H11ClFN3O/c17-11-7-4-8-12(15(11)18)19-16-20-13(9-14(22)21-16)10-5-2-1-3-6-10/h1-9H,(H2,19,20,21,22). The van der Waals surface area contributed by atoms with Gasteiger partial charge in [0.2, 0.25) is 5.95 Å². The fourth-order valence-electron chi connectivity index (χ4n) is 2.00. The molecule has 110 valence electrons. The number of anilines is 2. The lowest BCUT2D eigenvalue weighted by Crippen LogP contribution is -2.11. The van der Waals surface area contributed by atoms with Crippen LogP contribution in [0.25, 0.3) is 11.3 Å². The highest BCUT2D eigenvalue weighted by molar-refractivity contribution is 6.31. The van der Waals surface area contributed by atoms with Gasteiger partial charge in [0, 0.05) is 11.6 Å². The number of H-pyrrole nitrogens is 1. The molecule has 2 N–H and O–H groups in total. The highest BCUT2D eigenvalue weighted by Crippen LogP contribution is 2.24. The molecule has 0 saturated carbocycles. The SMILES string of the molecule is O=c1cc(-c2ccccc2)nc(Nc2cccc(Cl)c2F)[nH]1. The number of aromatic nitrogens is 2. The molecule has 0 unspecified atom stereocenters. The molecule has 0 aliphatic heterocycles. The molecule has 0 spiro atoms. The number of aromatic amines is 1. The van der Waals surface area contributed by atoms with Gasteiger partial charge in [-0.05, 0) is 12.1 Å². The van der Waals surface area contributed by atoms with Gasteiger partial charge in [0.1, 0.15) is 0 Å². The number of hydrogen-bond acceptors (Lipinski definition) is 3. The number of halogens is 2. The van der Waals surface area contributed by atoms with Crippen LogP contribution in [0.3, 0.4) is 0 Å². The van der Waals surface area contributed by atoms with E-state index in [1.807, 2.05) is 30.3 Å². The van der Waals surface area contributed by atoms with Gasteiger partial charge in [0.15, 0.2) is 5.82 Å². The molecular weight excluding hydrogens is 305 g/mol. The van der Waals surface area contributed by atoms with Crippen LogP contribution in [-0.2, 0) is 0 Å². The molecular formula is C16H11ClFN3O. The zero-order chi connectivity index (χ0) is 15.5. The lowest BCUT2D eigenvalue weighted by molar-refractivity contribution is 0.632. The van der Waals surface area contributed by atoms with Crippen molar-refractivity contribution in [1.29, 1.82) is 0 Å². The molecule has 0 atom stereocenters. The second kappa shape index (κ2) is 5.99. The zero-order valence-electron chi connectivity index (χ0n) is 11.3. The summed E-state index contributed by atoms with van der Waals surface area (Å²) >= 11 is 5.73. The number of rotatable bonds is 3. The van der Waals surface area contributed by atoms with Crippen molar-refractivity contribution in [3.8, 4) is 11.3 Å². The molecule has 0 saturated heterocycles. The van der Waals surface area contributed by atoms with E-state index < -0.39 is 5.82 Å². The Morgan fingerprint density at radius 3 is 2.64 bits per heavy atom. The summed E-state index contributed by atoms with van der Waals surface area (Å²) < 4.78 is 13.9. The molecule has 0 amide bonds. The number of benzene rings is 2. The summed E-state index contributed by atoms with van der Waals surface area (Å²) in [6, 6.07) is 15.2. The van der Waals surface area contributed by atoms with Gasteiger partial charge in [0.05, 0.1) is 16.4 Å². The number of hydrogen-bond donors (Lipinski definition) is 2. The molecule has 0 fully saturated rings. The minimum absolute atomic E-state index is 0.00781. The molecule has 6 heteroatoms. The Balaban J connectivity index is 2.00. The maximum atomic E-state index is 13.9. The quantitative estimate of drug-likeness (QED) is 0.769. The maximum Gasteiger partial charge on any atom is 0.252 e. The van der Waals surface area contributed by atoms with E-state index in [2.05, 4.69) is 15.3 Å². The minimum Gasteiger partial charge on any atom is -0.323 e. The van der Waals surface area contributed by atoms with E-state index in [9.17, 15) is 9.18 Å². The smallest absolute Gasteiger partial charge is 0.252 e. The summed E-state index contributed by atoms with van der Waals surface area (Å²) in [4.78, 5) is 18.6. The largest absolute Gasteiger partial charge is 0.323 e. The Morgan fingerprint density at radius 2 is 1.86 bits per heavy atom. The molecule has 0 aliphatic carbocycles. The van der Waals surface area contributed by atoms with Crippen LogP contribution >= 0.6 is 11.6 Å². The van der Waals surface area contributed by atoms with Crippen molar-refractivity contribution >= 4 is 23.2 Å². The first kappa shape index (κ1) is 14.3. The third kappa shape index (κ3) is 2.99. The first-order valence-corrected chi connectivity index (χ1v) is 6.89. The van der Waals surface area contributed by atoms with Crippen LogP contribution < -0.4 is 10.9 Å². The number of nitrogens with zero attached hydrogens (tertiary/aromatic N) is 1. The van der Waals surface area contributed by atoms with Crippen molar-refractivity contribution in [2.45, 2.75) is 0 Å². The number of nitrogens with one attached hydrogen (secondary N) is 2. The summed E-state index contributed by atoms with van der Waals surface area (Å²) in [6.07, 6.45) is 0. The van der Waals surface area contributed by atoms with Crippen molar-refractivity contribution in [3.63, 3.8) is 0 Å². The minimum atomic E-state index is -0.600. The fraction of sp³-hybridized carbons (Fsp3) is 0. The van der Waals surface area contributed by atoms with E-state index in [0.29, 0.717) is 5.69 Å². The van der Waals surface area contributed by atoms with Crippen LogP contribution in [-0.4, -0.2) is 9.97 Å². The molecule has 2 aromatic carbocycles. The second-order valence-corrected chi connectivity index (χ2v) is 4.98. The highest BCUT2D eigenvalue weighted by Gasteiger charge is 2.09. The van der Waals surface area contributed by atoms with Gasteiger partial charge in [0.25, 0.3) is 5.56 Å². The van der Waals surface area contributed by atoms with E-state index in [0.717, 1.165) is 5.56 Å². The summed E-state index contributed by atoms with van der Waals surface area (Å²) in [5, 5.41) is 2.73. The summed E-state index contributed by atoms with van der Waals surface area (Å²) in [5.41, 5.74) is 1.09. The van der Waals surface area contributed by atoms with Crippen LogP contribution in [0, 0.1) is 5.82 Å². The van der Waals surface area contributed by atoms with Crippen LogP contribution in [0.5, 0.6) is 0 Å². The molecule has 3 rings (SSSR count). The Hall–Kier alpha value is -2.66. The Bertz CT molecular complexity index is 865. The maximum absolute atomic E-state index is 13.9. The predicted molar refractivity (Wildman–Crippen MR) is 85.0 cm³/mol. The van der Waals surface area contributed by atoms with Crippen LogP contribution in [0.1, 0.15) is 0 Å². The summed E-state index contributed by atoms with van der Waals surface area (Å²) in [6.45, 7) is 0. The molecule has 1 heterocycles. The van der Waals surface area contributed by atoms with Crippen molar-refractivity contribution < 1.29 is 4.39 Å². The van der Waals surface area contributed by atoms with Crippen LogP contribution in [0.15, 0.2) is 59.4 Å². The second-order valence-electron chi connectivity index (χ2n) is 4.57. The van der Waals surface area contributed by atoms with Crippen molar-refractivity contribution in [2.24, 2.45) is 0 Å². The first-order chi connectivity index (χ1) is 10.6. The van der Waals surface area contributed by atoms with Gasteiger partial charge in [-0.1, -0.05) is 48.0 Å². The topological polar surface area (TPSA) is 57.8 Å². The zero-order valence-corrected chi connectivity index (χ0v) is 12.1. The molecule has 1 aromatic heterocycles. The van der Waals surface area contributed by atoms with E-state index >= 15 is 0 Å². The van der Waals surface area contributed by atoms with Crippen LogP contribution in [0.2, 0.25) is 5.02 Å². The third-order valence-corrected chi connectivity index (χ3v) is 3.31. The van der Waals surface area contributed by atoms with Crippen molar-refractivity contribution in [1.82, 2.24) is 9.97 Å². The highest BCUT2D eigenvalue weighted by atomic mass is 35.5. The monoisotopic (exact) mass is 315 g/mol. The Kier molecular flexibility index (Phi) is 3.89. The normalized spacial score (nSPS) is 10.5. The van der Waals surface area contributed by atoms with E-state index in [4.69, 9.17) is 11.6 Å². The predicted octanol–water partition coefficient (Wildman–Crippen LogP) is 3.97. The van der Waals surface area contributed by atoms with Gasteiger partial charge < -0.3 is 5.32 Å². The van der Waals surface area contributed by atoms with Crippen molar-refractivity contribution in [2.75, 3.05) is 5.32 Å². The van der Waals surface area contributed by atoms with Gasteiger partial charge in [-0.25, -0.2) is 9.37 Å². The van der Waals surface area contributed by atoms with Crippen LogP contribution in [0.4, 0.5) is 16.0 Å². The molecule has 0 bridgehead atoms. The Morgan fingerprint density at radius 1 is 1.09 bits per heavy atom. The average molecular weight is 316 g/mol. The lowest BCUT2D eigenvalue weighted by Gasteiger charge is -2.08. The summed E-state index contributed by atoms with van der Waals surface area (Å²) in [5.74, 6) is -0.454. The molecule has 4 nitrogen and oxygen atoms in total. The van der Waals surface area contributed by atoms with E-state index in [1.165, 1.54) is 18.2 Å². The first-order valence-electron chi connectivity index (χ1n) is 6.51. The average Bonchev–Trinajstić information content (AvgIpc) is 2.52. The molecule has 0 aliphatic rings. The fourth-order valence-corrected chi connectivity index (χ4v) is 2.18. The van der Waals surface area contributed by atoms with Gasteiger partial charge in [-0.3, -0.25) is 9.78 Å². The third-order valence-electron chi connectivity index (χ3n) is 3.02. The Labute approximate surface area is 130 Å².